The predicted molar refractivity (Wildman–Crippen MR) is 106 cm³/mol. The minimum absolute atomic E-state index is 0.117. The van der Waals surface area contributed by atoms with Crippen molar-refractivity contribution in [1.29, 1.82) is 0 Å². The first-order valence-electron chi connectivity index (χ1n) is 9.63. The third kappa shape index (κ3) is 3.91. The van der Waals surface area contributed by atoms with Gasteiger partial charge >= 0.3 is 0 Å². The van der Waals surface area contributed by atoms with Crippen molar-refractivity contribution in [2.45, 2.75) is 38.3 Å². The summed E-state index contributed by atoms with van der Waals surface area (Å²) in [5, 5.41) is 3.19. The summed E-state index contributed by atoms with van der Waals surface area (Å²) >= 11 is 0. The molecule has 2 aromatic heterocycles. The van der Waals surface area contributed by atoms with Crippen LogP contribution in [-0.4, -0.2) is 27.6 Å². The molecular weight excluding hydrogens is 352 g/mol. The van der Waals surface area contributed by atoms with E-state index in [0.29, 0.717) is 11.4 Å². The third-order valence-corrected chi connectivity index (χ3v) is 5.20. The Hall–Kier alpha value is -3.15. The second-order valence-corrected chi connectivity index (χ2v) is 7.03. The van der Waals surface area contributed by atoms with Crippen LogP contribution in [0.2, 0.25) is 0 Å². The van der Waals surface area contributed by atoms with Gasteiger partial charge in [-0.3, -0.25) is 4.79 Å². The molecule has 1 aliphatic carbocycles. The lowest BCUT2D eigenvalue weighted by atomic mass is 10.0. The van der Waals surface area contributed by atoms with E-state index < -0.39 is 0 Å². The number of amides is 1. The number of imidazole rings is 1. The van der Waals surface area contributed by atoms with Crippen molar-refractivity contribution in [2.24, 2.45) is 0 Å². The first-order valence-corrected chi connectivity index (χ1v) is 9.63. The van der Waals surface area contributed by atoms with Crippen LogP contribution in [0.15, 0.2) is 55.1 Å². The van der Waals surface area contributed by atoms with Crippen molar-refractivity contribution in [3.8, 4) is 5.88 Å². The Bertz CT molecular complexity index is 939. The van der Waals surface area contributed by atoms with Gasteiger partial charge in [0, 0.05) is 24.6 Å². The molecule has 0 aliphatic heterocycles. The maximum Gasteiger partial charge on any atom is 0.257 e. The zero-order chi connectivity index (χ0) is 19.3. The van der Waals surface area contributed by atoms with Gasteiger partial charge < -0.3 is 14.6 Å². The first kappa shape index (κ1) is 18.2. The summed E-state index contributed by atoms with van der Waals surface area (Å²) in [6.45, 7) is 0.763. The first-order chi connectivity index (χ1) is 13.7. The maximum atomic E-state index is 13.1. The lowest BCUT2D eigenvalue weighted by Crippen LogP contribution is -2.30. The molecule has 1 aromatic carbocycles. The van der Waals surface area contributed by atoms with E-state index in [0.717, 1.165) is 49.0 Å². The number of nitrogens with zero attached hydrogens (tertiary/aromatic N) is 3. The van der Waals surface area contributed by atoms with Gasteiger partial charge in [0.2, 0.25) is 5.88 Å². The zero-order valence-electron chi connectivity index (χ0n) is 16.0. The van der Waals surface area contributed by atoms with Crippen LogP contribution in [0.1, 0.15) is 46.1 Å². The SMILES string of the molecule is COc1nc2c(cc1C(=O)N[C@H](CCn1ccnc1)c1ccccc1)CCC2. The van der Waals surface area contributed by atoms with Crippen LogP contribution in [0.4, 0.5) is 0 Å². The van der Waals surface area contributed by atoms with Gasteiger partial charge in [0.05, 0.1) is 19.5 Å². The summed E-state index contributed by atoms with van der Waals surface area (Å²) in [7, 11) is 1.56. The van der Waals surface area contributed by atoms with Crippen molar-refractivity contribution in [2.75, 3.05) is 7.11 Å². The monoisotopic (exact) mass is 376 g/mol. The zero-order valence-corrected chi connectivity index (χ0v) is 16.0. The molecule has 0 saturated heterocycles. The summed E-state index contributed by atoms with van der Waals surface area (Å²) in [5.74, 6) is 0.248. The molecule has 144 valence electrons. The molecular formula is C22H24N4O2. The number of hydrogen-bond donors (Lipinski definition) is 1. The van der Waals surface area contributed by atoms with Crippen LogP contribution < -0.4 is 10.1 Å². The fourth-order valence-corrected chi connectivity index (χ4v) is 3.71. The Morgan fingerprint density at radius 2 is 2.14 bits per heavy atom. The fourth-order valence-electron chi connectivity index (χ4n) is 3.71. The van der Waals surface area contributed by atoms with E-state index in [-0.39, 0.29) is 11.9 Å². The van der Waals surface area contributed by atoms with Crippen LogP contribution in [0, 0.1) is 0 Å². The summed E-state index contributed by atoms with van der Waals surface area (Å²) in [4.78, 5) is 21.8. The largest absolute Gasteiger partial charge is 0.480 e. The summed E-state index contributed by atoms with van der Waals surface area (Å²) in [6.07, 6.45) is 9.23. The number of aromatic nitrogens is 3. The van der Waals surface area contributed by atoms with Crippen molar-refractivity contribution < 1.29 is 9.53 Å². The lowest BCUT2D eigenvalue weighted by molar-refractivity contribution is 0.0929. The second-order valence-electron chi connectivity index (χ2n) is 7.03. The van der Waals surface area contributed by atoms with Gasteiger partial charge in [-0.15, -0.1) is 0 Å². The molecule has 6 heteroatoms. The van der Waals surface area contributed by atoms with Gasteiger partial charge in [-0.1, -0.05) is 30.3 Å². The quantitative estimate of drug-likeness (QED) is 0.687. The van der Waals surface area contributed by atoms with E-state index in [4.69, 9.17) is 4.74 Å². The number of methoxy groups -OCH3 is 1. The minimum atomic E-state index is -0.154. The Morgan fingerprint density at radius 3 is 2.89 bits per heavy atom. The molecule has 0 fully saturated rings. The number of carbonyl (C=O) groups excluding carboxylic acids is 1. The number of carbonyl (C=O) groups is 1. The van der Waals surface area contributed by atoms with E-state index >= 15 is 0 Å². The number of nitrogens with one attached hydrogen (secondary N) is 1. The van der Waals surface area contributed by atoms with Crippen molar-refractivity contribution >= 4 is 5.91 Å². The molecule has 6 nitrogen and oxygen atoms in total. The fraction of sp³-hybridized carbons (Fsp3) is 0.318. The van der Waals surface area contributed by atoms with Crippen LogP contribution >= 0.6 is 0 Å². The standard InChI is InChI=1S/C22H24N4O2/c1-28-22-18(14-17-8-5-9-19(17)25-22)21(27)24-20(16-6-3-2-4-7-16)10-12-26-13-11-23-15-26/h2-4,6-7,11,13-15,20H,5,8-10,12H2,1H3,(H,24,27)/t20-/m1/s1. The van der Waals surface area contributed by atoms with Gasteiger partial charge in [0.15, 0.2) is 0 Å². The van der Waals surface area contributed by atoms with Gasteiger partial charge in [-0.25, -0.2) is 9.97 Å². The smallest absolute Gasteiger partial charge is 0.257 e. The number of aryl methyl sites for hydroxylation is 3. The third-order valence-electron chi connectivity index (χ3n) is 5.20. The highest BCUT2D eigenvalue weighted by atomic mass is 16.5. The molecule has 2 heterocycles. The molecule has 1 N–H and O–H groups in total. The average molecular weight is 376 g/mol. The van der Waals surface area contributed by atoms with Gasteiger partial charge in [0.1, 0.15) is 5.56 Å². The number of rotatable bonds is 7. The molecule has 0 bridgehead atoms. The number of ether oxygens (including phenoxy) is 1. The van der Waals surface area contributed by atoms with E-state index in [9.17, 15) is 4.79 Å². The highest BCUT2D eigenvalue weighted by Crippen LogP contribution is 2.27. The predicted octanol–water partition coefficient (Wildman–Crippen LogP) is 3.34. The van der Waals surface area contributed by atoms with Crippen molar-refractivity contribution in [3.05, 3.63) is 77.5 Å². The summed E-state index contributed by atoms with van der Waals surface area (Å²) < 4.78 is 7.43. The molecule has 1 amide bonds. The highest BCUT2D eigenvalue weighted by molar-refractivity contribution is 5.97. The molecule has 3 aromatic rings. The van der Waals surface area contributed by atoms with Gasteiger partial charge in [0.25, 0.3) is 5.91 Å². The topological polar surface area (TPSA) is 69.0 Å². The highest BCUT2D eigenvalue weighted by Gasteiger charge is 2.23. The Kier molecular flexibility index (Phi) is 5.37. The van der Waals surface area contributed by atoms with E-state index in [1.165, 1.54) is 0 Å². The van der Waals surface area contributed by atoms with Crippen LogP contribution in [0.5, 0.6) is 5.88 Å². The number of hydrogen-bond acceptors (Lipinski definition) is 4. The second kappa shape index (κ2) is 8.25. The van der Waals surface area contributed by atoms with Gasteiger partial charge in [-0.2, -0.15) is 0 Å². The molecule has 0 radical (unpaired) electrons. The molecule has 4 rings (SSSR count). The van der Waals surface area contributed by atoms with Crippen molar-refractivity contribution in [1.82, 2.24) is 19.9 Å². The number of pyridine rings is 1. The van der Waals surface area contributed by atoms with Crippen LogP contribution in [0.3, 0.4) is 0 Å². The Labute approximate surface area is 164 Å². The summed E-state index contributed by atoms with van der Waals surface area (Å²) in [5.41, 5.74) is 3.78. The Morgan fingerprint density at radius 1 is 1.29 bits per heavy atom. The van der Waals surface area contributed by atoms with Crippen LogP contribution in [-0.2, 0) is 19.4 Å². The average Bonchev–Trinajstić information content (AvgIpc) is 3.41. The maximum absolute atomic E-state index is 13.1. The normalized spacial score (nSPS) is 13.8. The van der Waals surface area contributed by atoms with Crippen LogP contribution in [0.25, 0.3) is 0 Å². The van der Waals surface area contributed by atoms with Crippen molar-refractivity contribution in [3.63, 3.8) is 0 Å². The summed E-state index contributed by atoms with van der Waals surface area (Å²) in [6, 6.07) is 11.9. The molecule has 28 heavy (non-hydrogen) atoms. The number of fused-ring (bicyclic) bond motifs is 1. The molecule has 1 atom stereocenters. The van der Waals surface area contributed by atoms with E-state index in [1.807, 2.05) is 47.2 Å². The molecule has 0 unspecified atom stereocenters. The lowest BCUT2D eigenvalue weighted by Gasteiger charge is -2.20. The number of benzene rings is 1. The molecule has 1 aliphatic rings. The van der Waals surface area contributed by atoms with E-state index in [1.54, 1.807) is 19.6 Å². The van der Waals surface area contributed by atoms with Gasteiger partial charge in [-0.05, 0) is 42.9 Å². The minimum Gasteiger partial charge on any atom is -0.480 e. The van der Waals surface area contributed by atoms with E-state index in [2.05, 4.69) is 15.3 Å². The molecule has 0 spiro atoms. The molecule has 0 saturated carbocycles. The Balaban J connectivity index is 1.57.